The topological polar surface area (TPSA) is 107 Å². The molecule has 0 aliphatic rings. The number of amides is 2. The molecule has 2 amide bonds. The van der Waals surface area contributed by atoms with Crippen molar-refractivity contribution < 1.29 is 28.5 Å². The highest BCUT2D eigenvalue weighted by Gasteiger charge is 2.15. The monoisotopic (exact) mass is 657 g/mol. The van der Waals surface area contributed by atoms with Crippen molar-refractivity contribution in [1.29, 1.82) is 0 Å². The Morgan fingerprint density at radius 1 is 0.950 bits per heavy atom. The molecule has 0 saturated heterocycles. The molecule has 3 rings (SSSR count). The van der Waals surface area contributed by atoms with Crippen LogP contribution >= 0.6 is 22.6 Å². The molecule has 10 heteroatoms. The molecule has 3 aromatic carbocycles. The molecule has 2 N–H and O–H groups in total. The summed E-state index contributed by atoms with van der Waals surface area (Å²) in [5.74, 6) is 1.19. The number of aryl methyl sites for hydroxylation is 1. The van der Waals surface area contributed by atoms with Gasteiger partial charge in [0.05, 0.1) is 23.0 Å². The maximum Gasteiger partial charge on any atom is 0.271 e. The third kappa shape index (κ3) is 9.01. The predicted molar refractivity (Wildman–Crippen MR) is 164 cm³/mol. The number of hydrogen-bond acceptors (Lipinski definition) is 7. The zero-order valence-electron chi connectivity index (χ0n) is 22.7. The smallest absolute Gasteiger partial charge is 0.271 e. The third-order valence-corrected chi connectivity index (χ3v) is 6.02. The molecule has 0 bridgehead atoms. The SMILES string of the molecule is C=CCOc1ccc(C(=O)N/N=C/c2cc(I)c(OCC(=O)Nc3cccc(C)c3)c(OCC)c2)cc1OCC. The lowest BCUT2D eigenvalue weighted by molar-refractivity contribution is -0.118. The summed E-state index contributed by atoms with van der Waals surface area (Å²) in [7, 11) is 0. The molecular formula is C30H32IN3O6. The summed E-state index contributed by atoms with van der Waals surface area (Å²) in [6.45, 7) is 10.3. The van der Waals surface area contributed by atoms with Crippen molar-refractivity contribution in [2.45, 2.75) is 20.8 Å². The number of hydrazone groups is 1. The van der Waals surface area contributed by atoms with Crippen molar-refractivity contribution in [3.05, 3.63) is 87.5 Å². The van der Waals surface area contributed by atoms with Gasteiger partial charge >= 0.3 is 0 Å². The maximum absolute atomic E-state index is 12.7. The van der Waals surface area contributed by atoms with Crippen LogP contribution in [0, 0.1) is 10.5 Å². The fraction of sp³-hybridized carbons (Fsp3) is 0.233. The molecule has 9 nitrogen and oxygen atoms in total. The summed E-state index contributed by atoms with van der Waals surface area (Å²) in [6, 6.07) is 16.0. The van der Waals surface area contributed by atoms with Gasteiger partial charge in [-0.1, -0.05) is 24.8 Å². The standard InChI is InChI=1S/C30H32IN3O6/c1-5-13-39-25-12-11-22(17-26(25)37-6-2)30(36)34-32-18-21-15-24(31)29(27(16-21)38-7-3)40-19-28(35)33-23-10-8-9-20(4)14-23/h5,8-12,14-18H,1,6-7,13,19H2,2-4H3,(H,33,35)(H,34,36)/b32-18+. The number of nitrogens with zero attached hydrogens (tertiary/aromatic N) is 1. The number of nitrogens with one attached hydrogen (secondary N) is 2. The van der Waals surface area contributed by atoms with Gasteiger partial charge < -0.3 is 24.3 Å². The molecule has 0 saturated carbocycles. The molecule has 0 radical (unpaired) electrons. The largest absolute Gasteiger partial charge is 0.490 e. The van der Waals surface area contributed by atoms with E-state index in [4.69, 9.17) is 18.9 Å². The van der Waals surface area contributed by atoms with Crippen LogP contribution in [0.15, 0.2) is 72.4 Å². The van der Waals surface area contributed by atoms with Crippen LogP contribution in [0.5, 0.6) is 23.0 Å². The van der Waals surface area contributed by atoms with Crippen LogP contribution in [-0.2, 0) is 4.79 Å². The molecule has 0 atom stereocenters. The first kappa shape index (κ1) is 30.5. The lowest BCUT2D eigenvalue weighted by Crippen LogP contribution is -2.20. The van der Waals surface area contributed by atoms with Gasteiger partial charge in [-0.2, -0.15) is 5.10 Å². The van der Waals surface area contributed by atoms with Crippen molar-refractivity contribution in [2.75, 3.05) is 31.7 Å². The number of benzene rings is 3. The normalized spacial score (nSPS) is 10.6. The molecule has 0 spiro atoms. The Hall–Kier alpha value is -4.06. The second-order valence-corrected chi connectivity index (χ2v) is 9.52. The first-order valence-corrected chi connectivity index (χ1v) is 13.7. The van der Waals surface area contributed by atoms with E-state index in [1.807, 2.05) is 51.1 Å². The molecule has 0 unspecified atom stereocenters. The van der Waals surface area contributed by atoms with E-state index in [0.717, 1.165) is 9.13 Å². The Balaban J connectivity index is 1.67. The van der Waals surface area contributed by atoms with Crippen LogP contribution in [0.1, 0.15) is 35.3 Å². The van der Waals surface area contributed by atoms with Gasteiger partial charge in [0.15, 0.2) is 29.6 Å². The van der Waals surface area contributed by atoms with E-state index in [2.05, 4.69) is 45.0 Å². The first-order valence-electron chi connectivity index (χ1n) is 12.6. The van der Waals surface area contributed by atoms with Crippen LogP contribution in [0.3, 0.4) is 0 Å². The van der Waals surface area contributed by atoms with Gasteiger partial charge in [0.25, 0.3) is 11.8 Å². The minimum Gasteiger partial charge on any atom is -0.490 e. The molecule has 0 aliphatic carbocycles. The van der Waals surface area contributed by atoms with E-state index in [9.17, 15) is 9.59 Å². The quantitative estimate of drug-likeness (QED) is 0.0991. The number of anilines is 1. The van der Waals surface area contributed by atoms with E-state index in [1.165, 1.54) is 6.21 Å². The number of rotatable bonds is 14. The molecule has 0 aliphatic heterocycles. The van der Waals surface area contributed by atoms with Gasteiger partial charge in [-0.3, -0.25) is 9.59 Å². The van der Waals surface area contributed by atoms with Gasteiger partial charge in [-0.25, -0.2) is 5.43 Å². The lowest BCUT2D eigenvalue weighted by Gasteiger charge is -2.15. The van der Waals surface area contributed by atoms with Crippen LogP contribution in [-0.4, -0.2) is 44.5 Å². The minimum atomic E-state index is -0.410. The molecule has 210 valence electrons. The predicted octanol–water partition coefficient (Wildman–Crippen LogP) is 5.74. The Morgan fingerprint density at radius 2 is 1.73 bits per heavy atom. The van der Waals surface area contributed by atoms with Crippen molar-refractivity contribution in [1.82, 2.24) is 5.43 Å². The fourth-order valence-corrected chi connectivity index (χ4v) is 4.32. The number of carbonyl (C=O) groups excluding carboxylic acids is 2. The van der Waals surface area contributed by atoms with Crippen LogP contribution in [0.4, 0.5) is 5.69 Å². The summed E-state index contributed by atoms with van der Waals surface area (Å²) < 4.78 is 23.5. The number of hydrogen-bond donors (Lipinski definition) is 2. The molecular weight excluding hydrogens is 625 g/mol. The minimum absolute atomic E-state index is 0.186. The summed E-state index contributed by atoms with van der Waals surface area (Å²) in [4.78, 5) is 25.1. The molecule has 0 heterocycles. The van der Waals surface area contributed by atoms with Crippen LogP contribution in [0.25, 0.3) is 0 Å². The Kier molecular flexibility index (Phi) is 11.8. The number of carbonyl (C=O) groups is 2. The fourth-order valence-electron chi connectivity index (χ4n) is 3.54. The van der Waals surface area contributed by atoms with Gasteiger partial charge in [-0.15, -0.1) is 0 Å². The maximum atomic E-state index is 12.7. The highest BCUT2D eigenvalue weighted by molar-refractivity contribution is 14.1. The van der Waals surface area contributed by atoms with Gasteiger partial charge in [0.2, 0.25) is 0 Å². The average molecular weight is 658 g/mol. The zero-order valence-corrected chi connectivity index (χ0v) is 24.8. The van der Waals surface area contributed by atoms with E-state index in [-0.39, 0.29) is 12.5 Å². The van der Waals surface area contributed by atoms with Gasteiger partial charge in [-0.05, 0) is 97.0 Å². The molecule has 0 fully saturated rings. The summed E-state index contributed by atoms with van der Waals surface area (Å²) >= 11 is 2.11. The number of ether oxygens (including phenoxy) is 4. The number of halogens is 1. The highest BCUT2D eigenvalue weighted by atomic mass is 127. The molecule has 0 aromatic heterocycles. The Morgan fingerprint density at radius 3 is 2.45 bits per heavy atom. The first-order chi connectivity index (χ1) is 19.3. The van der Waals surface area contributed by atoms with Crippen molar-refractivity contribution in [3.8, 4) is 23.0 Å². The molecule has 40 heavy (non-hydrogen) atoms. The highest BCUT2D eigenvalue weighted by Crippen LogP contribution is 2.34. The Bertz CT molecular complexity index is 1380. The summed E-state index contributed by atoms with van der Waals surface area (Å²) in [5, 5.41) is 6.91. The van der Waals surface area contributed by atoms with E-state index < -0.39 is 5.91 Å². The summed E-state index contributed by atoms with van der Waals surface area (Å²) in [6.07, 6.45) is 3.13. The lowest BCUT2D eigenvalue weighted by atomic mass is 10.2. The van der Waals surface area contributed by atoms with E-state index in [1.54, 1.807) is 30.3 Å². The third-order valence-electron chi connectivity index (χ3n) is 5.22. The average Bonchev–Trinajstić information content (AvgIpc) is 2.92. The van der Waals surface area contributed by atoms with Gasteiger partial charge in [0, 0.05) is 11.3 Å². The van der Waals surface area contributed by atoms with Crippen molar-refractivity contribution in [2.24, 2.45) is 5.10 Å². The summed E-state index contributed by atoms with van der Waals surface area (Å²) in [5.41, 5.74) is 5.31. The van der Waals surface area contributed by atoms with Gasteiger partial charge in [0.1, 0.15) is 6.61 Å². The van der Waals surface area contributed by atoms with Crippen molar-refractivity contribution >= 4 is 46.3 Å². The second-order valence-electron chi connectivity index (χ2n) is 8.36. The van der Waals surface area contributed by atoms with E-state index in [0.29, 0.717) is 59.6 Å². The molecule has 3 aromatic rings. The van der Waals surface area contributed by atoms with Crippen LogP contribution in [0.2, 0.25) is 0 Å². The second kappa shape index (κ2) is 15.5. The van der Waals surface area contributed by atoms with E-state index >= 15 is 0 Å². The Labute approximate surface area is 247 Å². The zero-order chi connectivity index (χ0) is 28.9. The van der Waals surface area contributed by atoms with Crippen LogP contribution < -0.4 is 29.7 Å². The van der Waals surface area contributed by atoms with Crippen molar-refractivity contribution in [3.63, 3.8) is 0 Å².